The molecule has 0 unspecified atom stereocenters. The van der Waals surface area contributed by atoms with E-state index in [4.69, 9.17) is 0 Å². The molecule has 1 saturated heterocycles. The summed E-state index contributed by atoms with van der Waals surface area (Å²) in [6, 6.07) is 9.22. The Balaban J connectivity index is 0.00000370. The Hall–Kier alpha value is -2.78. The minimum absolute atomic E-state index is 0. The number of pyridine rings is 1. The van der Waals surface area contributed by atoms with E-state index in [2.05, 4.69) is 22.5 Å². The van der Waals surface area contributed by atoms with Gasteiger partial charge < -0.3 is 20.3 Å². The fraction of sp³-hybridized carbons (Fsp3) is 0.484. The molecule has 7 nitrogen and oxygen atoms in total. The predicted molar refractivity (Wildman–Crippen MR) is 160 cm³/mol. The summed E-state index contributed by atoms with van der Waals surface area (Å²) in [4.78, 5) is 28.7. The average Bonchev–Trinajstić information content (AvgIpc) is 3.72. The van der Waals surface area contributed by atoms with Gasteiger partial charge in [-0.05, 0) is 78.6 Å². The summed E-state index contributed by atoms with van der Waals surface area (Å²) >= 11 is 0. The molecule has 1 aliphatic heterocycles. The van der Waals surface area contributed by atoms with Gasteiger partial charge in [-0.1, -0.05) is 19.9 Å². The highest BCUT2D eigenvalue weighted by Crippen LogP contribution is 2.31. The lowest BCUT2D eigenvalue weighted by atomic mass is 9.93. The lowest BCUT2D eigenvalue weighted by molar-refractivity contribution is 0.0950. The van der Waals surface area contributed by atoms with Crippen LogP contribution in [-0.4, -0.2) is 58.8 Å². The Morgan fingerprint density at radius 2 is 1.95 bits per heavy atom. The van der Waals surface area contributed by atoms with E-state index in [-0.39, 0.29) is 36.5 Å². The summed E-state index contributed by atoms with van der Waals surface area (Å²) < 4.78 is 16.7. The first kappa shape index (κ1) is 30.2. The number of piperazine rings is 1. The second-order valence-corrected chi connectivity index (χ2v) is 12.1. The monoisotopic (exact) mass is 570 g/mol. The quantitative estimate of drug-likeness (QED) is 0.377. The SMILES string of the molecule is Cc1c(F)cc(C(=O)NC2CC2)cc1-c1ccc2c(=O)n(CC(C)(C)CO)cc(CN3CCN[C@@H](C)C3)c2c1.Cl. The normalized spacial score (nSPS) is 18.0. The first-order valence-corrected chi connectivity index (χ1v) is 13.9. The van der Waals surface area contributed by atoms with Crippen LogP contribution < -0.4 is 16.2 Å². The van der Waals surface area contributed by atoms with E-state index in [1.807, 2.05) is 38.2 Å². The number of hydrogen-bond donors (Lipinski definition) is 3. The van der Waals surface area contributed by atoms with Gasteiger partial charge >= 0.3 is 0 Å². The molecule has 0 radical (unpaired) electrons. The number of halogens is 2. The first-order valence-electron chi connectivity index (χ1n) is 13.9. The lowest BCUT2D eigenvalue weighted by Gasteiger charge is -2.32. The number of aromatic nitrogens is 1. The van der Waals surface area contributed by atoms with Crippen molar-refractivity contribution in [2.45, 2.75) is 65.7 Å². The highest BCUT2D eigenvalue weighted by atomic mass is 35.5. The van der Waals surface area contributed by atoms with Gasteiger partial charge in [0.15, 0.2) is 0 Å². The van der Waals surface area contributed by atoms with Gasteiger partial charge in [0.25, 0.3) is 11.5 Å². The van der Waals surface area contributed by atoms with E-state index in [1.54, 1.807) is 17.6 Å². The van der Waals surface area contributed by atoms with Crippen LogP contribution in [0.4, 0.5) is 4.39 Å². The Morgan fingerprint density at radius 3 is 2.62 bits per heavy atom. The predicted octanol–water partition coefficient (Wildman–Crippen LogP) is 4.24. The van der Waals surface area contributed by atoms with E-state index in [0.717, 1.165) is 49.0 Å². The van der Waals surface area contributed by atoms with Crippen LogP contribution in [0.25, 0.3) is 21.9 Å². The molecule has 1 aliphatic carbocycles. The standard InChI is InChI=1S/C31H39FN4O3.ClH/c1-19-14-35(10-9-33-19)15-23-16-36(17-31(3,4)18-37)30(39)25-8-5-21(11-27(23)25)26-12-22(13-28(32)20(26)2)29(38)34-24-6-7-24;/h5,8,11-13,16,19,24,33,37H,6-7,9-10,14-15,17-18H2,1-4H3,(H,34,38);1H/t19-;/m0./s1. The fourth-order valence-electron chi connectivity index (χ4n) is 5.39. The summed E-state index contributed by atoms with van der Waals surface area (Å²) in [5.41, 5.74) is 2.62. The molecule has 1 atom stereocenters. The zero-order valence-corrected chi connectivity index (χ0v) is 24.5. The van der Waals surface area contributed by atoms with Crippen molar-refractivity contribution in [3.8, 4) is 11.1 Å². The van der Waals surface area contributed by atoms with Crippen LogP contribution in [0, 0.1) is 18.2 Å². The molecular formula is C31H40ClFN4O3. The summed E-state index contributed by atoms with van der Waals surface area (Å²) in [6.45, 7) is 11.5. The number of rotatable bonds is 8. The van der Waals surface area contributed by atoms with Crippen molar-refractivity contribution < 1.29 is 14.3 Å². The van der Waals surface area contributed by atoms with Gasteiger partial charge in [0.05, 0.1) is 0 Å². The molecule has 0 spiro atoms. The van der Waals surface area contributed by atoms with Crippen LogP contribution >= 0.6 is 12.4 Å². The molecule has 40 heavy (non-hydrogen) atoms. The second-order valence-electron chi connectivity index (χ2n) is 12.1. The van der Waals surface area contributed by atoms with Crippen LogP contribution in [0.5, 0.6) is 0 Å². The molecule has 2 aromatic carbocycles. The fourth-order valence-corrected chi connectivity index (χ4v) is 5.39. The van der Waals surface area contributed by atoms with E-state index < -0.39 is 11.2 Å². The molecule has 216 valence electrons. The van der Waals surface area contributed by atoms with Gasteiger partial charge in [0.1, 0.15) is 5.82 Å². The smallest absolute Gasteiger partial charge is 0.258 e. The minimum atomic E-state index is -0.450. The van der Waals surface area contributed by atoms with Crippen molar-refractivity contribution in [1.82, 2.24) is 20.1 Å². The Bertz CT molecular complexity index is 1470. The molecule has 9 heteroatoms. The number of nitrogens with one attached hydrogen (secondary N) is 2. The van der Waals surface area contributed by atoms with E-state index in [1.165, 1.54) is 6.07 Å². The van der Waals surface area contributed by atoms with Crippen molar-refractivity contribution in [1.29, 1.82) is 0 Å². The van der Waals surface area contributed by atoms with Crippen molar-refractivity contribution in [2.24, 2.45) is 5.41 Å². The van der Waals surface area contributed by atoms with Crippen molar-refractivity contribution >= 4 is 29.1 Å². The number of carbonyl (C=O) groups excluding carboxylic acids is 1. The maximum atomic E-state index is 15.0. The van der Waals surface area contributed by atoms with E-state index in [0.29, 0.717) is 41.2 Å². The van der Waals surface area contributed by atoms with Gasteiger partial charge in [0, 0.05) is 74.0 Å². The molecular weight excluding hydrogens is 531 g/mol. The molecule has 1 amide bonds. The largest absolute Gasteiger partial charge is 0.396 e. The average molecular weight is 571 g/mol. The third kappa shape index (κ3) is 6.57. The van der Waals surface area contributed by atoms with Gasteiger partial charge in [-0.2, -0.15) is 0 Å². The number of benzene rings is 2. The molecule has 1 aromatic heterocycles. The van der Waals surface area contributed by atoms with Gasteiger partial charge in [-0.3, -0.25) is 14.5 Å². The number of aliphatic hydroxyl groups excluding tert-OH is 1. The van der Waals surface area contributed by atoms with Crippen LogP contribution in [0.2, 0.25) is 0 Å². The number of amides is 1. The number of fused-ring (bicyclic) bond motifs is 1. The summed E-state index contributed by atoms with van der Waals surface area (Å²) in [5, 5.41) is 17.7. The number of aliphatic hydroxyl groups is 1. The topological polar surface area (TPSA) is 86.6 Å². The van der Waals surface area contributed by atoms with Crippen molar-refractivity contribution in [2.75, 3.05) is 26.2 Å². The summed E-state index contributed by atoms with van der Waals surface area (Å²) in [6.07, 6.45) is 3.84. The third-order valence-electron chi connectivity index (χ3n) is 7.87. The highest BCUT2D eigenvalue weighted by molar-refractivity contribution is 5.97. The van der Waals surface area contributed by atoms with E-state index >= 15 is 4.39 Å². The number of carbonyl (C=O) groups is 1. The molecule has 2 fully saturated rings. The Kier molecular flexibility index (Phi) is 9.05. The maximum Gasteiger partial charge on any atom is 0.258 e. The highest BCUT2D eigenvalue weighted by Gasteiger charge is 2.25. The van der Waals surface area contributed by atoms with Gasteiger partial charge in [-0.15, -0.1) is 12.4 Å². The molecule has 2 heterocycles. The molecule has 2 aliphatic rings. The number of hydrogen-bond acceptors (Lipinski definition) is 5. The lowest BCUT2D eigenvalue weighted by Crippen LogP contribution is -2.48. The van der Waals surface area contributed by atoms with Gasteiger partial charge in [0.2, 0.25) is 0 Å². The van der Waals surface area contributed by atoms with E-state index in [9.17, 15) is 14.7 Å². The van der Waals surface area contributed by atoms with Crippen LogP contribution in [-0.2, 0) is 13.1 Å². The molecule has 3 aromatic rings. The van der Waals surface area contributed by atoms with Crippen LogP contribution in [0.3, 0.4) is 0 Å². The summed E-state index contributed by atoms with van der Waals surface area (Å²) in [7, 11) is 0. The Morgan fingerprint density at radius 1 is 1.20 bits per heavy atom. The first-order chi connectivity index (χ1) is 18.5. The van der Waals surface area contributed by atoms with Gasteiger partial charge in [-0.25, -0.2) is 4.39 Å². The maximum absolute atomic E-state index is 15.0. The number of nitrogens with zero attached hydrogens (tertiary/aromatic N) is 2. The Labute approximate surface area is 241 Å². The van der Waals surface area contributed by atoms with Crippen molar-refractivity contribution in [3.05, 3.63) is 69.4 Å². The summed E-state index contributed by atoms with van der Waals surface area (Å²) in [5.74, 6) is -0.688. The second kappa shape index (κ2) is 12.0. The zero-order chi connectivity index (χ0) is 27.9. The van der Waals surface area contributed by atoms with Crippen LogP contribution in [0.1, 0.15) is 55.1 Å². The molecule has 3 N–H and O–H groups in total. The molecule has 1 saturated carbocycles. The molecule has 5 rings (SSSR count). The zero-order valence-electron chi connectivity index (χ0n) is 23.7. The minimum Gasteiger partial charge on any atom is -0.396 e. The third-order valence-corrected chi connectivity index (χ3v) is 7.87. The molecule has 0 bridgehead atoms. The van der Waals surface area contributed by atoms with Crippen LogP contribution in [0.15, 0.2) is 41.3 Å². The van der Waals surface area contributed by atoms with Crippen molar-refractivity contribution in [3.63, 3.8) is 0 Å².